The van der Waals surface area contributed by atoms with E-state index in [-0.39, 0.29) is 6.10 Å². The van der Waals surface area contributed by atoms with Crippen LogP contribution < -0.4 is 4.74 Å². The van der Waals surface area contributed by atoms with Gasteiger partial charge in [0.2, 0.25) is 0 Å². The molecular weight excluding hydrogens is 304 g/mol. The molecule has 3 aromatic rings. The number of ether oxygens (including phenoxy) is 2. The van der Waals surface area contributed by atoms with Gasteiger partial charge in [0.25, 0.3) is 0 Å². The lowest BCUT2D eigenvalue weighted by atomic mass is 10.2. The lowest BCUT2D eigenvalue weighted by molar-refractivity contribution is 0.0679. The molecule has 0 spiro atoms. The molecule has 6 nitrogen and oxygen atoms in total. The molecule has 1 aliphatic heterocycles. The predicted molar refractivity (Wildman–Crippen MR) is 90.2 cm³/mol. The Morgan fingerprint density at radius 3 is 3.04 bits per heavy atom. The van der Waals surface area contributed by atoms with E-state index < -0.39 is 0 Å². The standard InChI is InChI=1S/C18H20N4O2/c1-21-13-19-11-16(21)18-20-8-9-22(18)15-6-2-3-7-17(15)24-12-14-5-4-10-23-14/h2-3,6-9,11,13-14H,4-5,10,12H2,1H3/t14-/m1/s1. The van der Waals surface area contributed by atoms with Crippen molar-refractivity contribution >= 4 is 0 Å². The molecule has 1 aliphatic rings. The smallest absolute Gasteiger partial charge is 0.163 e. The minimum Gasteiger partial charge on any atom is -0.489 e. The molecule has 1 atom stereocenters. The first-order valence-corrected chi connectivity index (χ1v) is 8.17. The van der Waals surface area contributed by atoms with Crippen molar-refractivity contribution in [2.45, 2.75) is 18.9 Å². The van der Waals surface area contributed by atoms with Crippen molar-refractivity contribution in [3.63, 3.8) is 0 Å². The Hall–Kier alpha value is -2.60. The number of aryl methyl sites for hydroxylation is 1. The van der Waals surface area contributed by atoms with E-state index in [2.05, 4.69) is 9.97 Å². The van der Waals surface area contributed by atoms with Gasteiger partial charge in [-0.25, -0.2) is 9.97 Å². The highest BCUT2D eigenvalue weighted by atomic mass is 16.5. The van der Waals surface area contributed by atoms with Gasteiger partial charge in [0.1, 0.15) is 18.1 Å². The number of imidazole rings is 2. The van der Waals surface area contributed by atoms with E-state index >= 15 is 0 Å². The van der Waals surface area contributed by atoms with Gasteiger partial charge in [-0.05, 0) is 25.0 Å². The van der Waals surface area contributed by atoms with E-state index in [0.717, 1.165) is 42.4 Å². The molecule has 0 saturated carbocycles. The average Bonchev–Trinajstić information content (AvgIpc) is 3.34. The fourth-order valence-electron chi connectivity index (χ4n) is 3.00. The van der Waals surface area contributed by atoms with Crippen LogP contribution >= 0.6 is 0 Å². The van der Waals surface area contributed by atoms with Crippen molar-refractivity contribution in [2.75, 3.05) is 13.2 Å². The Morgan fingerprint density at radius 1 is 1.33 bits per heavy atom. The van der Waals surface area contributed by atoms with Crippen LogP contribution in [0.15, 0.2) is 49.2 Å². The highest BCUT2D eigenvalue weighted by molar-refractivity contribution is 5.57. The highest BCUT2D eigenvalue weighted by Crippen LogP contribution is 2.28. The van der Waals surface area contributed by atoms with E-state index in [1.165, 1.54) is 0 Å². The van der Waals surface area contributed by atoms with Gasteiger partial charge in [-0.15, -0.1) is 0 Å². The Labute approximate surface area is 140 Å². The monoisotopic (exact) mass is 324 g/mol. The molecule has 1 fully saturated rings. The summed E-state index contributed by atoms with van der Waals surface area (Å²) < 4.78 is 15.7. The summed E-state index contributed by atoms with van der Waals surface area (Å²) in [6.07, 6.45) is 9.69. The first kappa shape index (κ1) is 15.0. The SMILES string of the molecule is Cn1cncc1-c1nccn1-c1ccccc1OC[C@H]1CCCO1. The molecule has 124 valence electrons. The van der Waals surface area contributed by atoms with E-state index in [9.17, 15) is 0 Å². The third-order valence-electron chi connectivity index (χ3n) is 4.26. The van der Waals surface area contributed by atoms with E-state index in [0.29, 0.717) is 6.61 Å². The summed E-state index contributed by atoms with van der Waals surface area (Å²) in [5, 5.41) is 0. The molecule has 24 heavy (non-hydrogen) atoms. The molecule has 0 bridgehead atoms. The summed E-state index contributed by atoms with van der Waals surface area (Å²) in [6, 6.07) is 8.00. The van der Waals surface area contributed by atoms with Crippen molar-refractivity contribution < 1.29 is 9.47 Å². The maximum atomic E-state index is 6.05. The van der Waals surface area contributed by atoms with Crippen molar-refractivity contribution in [2.24, 2.45) is 7.05 Å². The van der Waals surface area contributed by atoms with Crippen molar-refractivity contribution in [1.29, 1.82) is 0 Å². The van der Waals surface area contributed by atoms with E-state index in [1.54, 1.807) is 12.5 Å². The Morgan fingerprint density at radius 2 is 2.25 bits per heavy atom. The number of nitrogens with zero attached hydrogens (tertiary/aromatic N) is 4. The lowest BCUT2D eigenvalue weighted by Gasteiger charge is -2.16. The second kappa shape index (κ2) is 6.49. The summed E-state index contributed by atoms with van der Waals surface area (Å²) in [5.41, 5.74) is 1.91. The highest BCUT2D eigenvalue weighted by Gasteiger charge is 2.18. The van der Waals surface area contributed by atoms with Gasteiger partial charge in [0.15, 0.2) is 5.82 Å². The number of para-hydroxylation sites is 2. The minimum absolute atomic E-state index is 0.192. The topological polar surface area (TPSA) is 54.1 Å². The molecule has 0 radical (unpaired) electrons. The minimum atomic E-state index is 0.192. The fourth-order valence-corrected chi connectivity index (χ4v) is 3.00. The average molecular weight is 324 g/mol. The molecule has 4 rings (SSSR count). The summed E-state index contributed by atoms with van der Waals surface area (Å²) in [5.74, 6) is 1.66. The molecule has 3 heterocycles. The quantitative estimate of drug-likeness (QED) is 0.724. The van der Waals surface area contributed by atoms with E-state index in [4.69, 9.17) is 9.47 Å². The van der Waals surface area contributed by atoms with Crippen LogP contribution in [0.2, 0.25) is 0 Å². The molecule has 0 amide bonds. The van der Waals surface area contributed by atoms with E-state index in [1.807, 2.05) is 52.8 Å². The van der Waals surface area contributed by atoms with Gasteiger partial charge in [-0.2, -0.15) is 0 Å². The van der Waals surface area contributed by atoms with Crippen LogP contribution in [-0.4, -0.2) is 38.4 Å². The maximum absolute atomic E-state index is 6.05. The number of aromatic nitrogens is 4. The summed E-state index contributed by atoms with van der Waals surface area (Å²) in [6.45, 7) is 1.41. The predicted octanol–water partition coefficient (Wildman–Crippen LogP) is 2.83. The molecule has 0 N–H and O–H groups in total. The zero-order chi connectivity index (χ0) is 16.4. The van der Waals surface area contributed by atoms with Crippen molar-refractivity contribution in [3.8, 4) is 23.0 Å². The fraction of sp³-hybridized carbons (Fsp3) is 0.333. The van der Waals surface area contributed by atoms with Crippen LogP contribution in [0.25, 0.3) is 17.2 Å². The molecule has 2 aromatic heterocycles. The lowest BCUT2D eigenvalue weighted by Crippen LogP contribution is -2.17. The molecule has 1 saturated heterocycles. The van der Waals surface area contributed by atoms with Gasteiger partial charge in [0, 0.05) is 26.0 Å². The van der Waals surface area contributed by atoms with Gasteiger partial charge in [-0.3, -0.25) is 4.57 Å². The number of rotatable bonds is 5. The Balaban J connectivity index is 1.65. The first-order valence-electron chi connectivity index (χ1n) is 8.17. The molecule has 0 unspecified atom stereocenters. The maximum Gasteiger partial charge on any atom is 0.163 e. The number of benzene rings is 1. The van der Waals surface area contributed by atoms with Gasteiger partial charge in [0.05, 0.1) is 24.3 Å². The van der Waals surface area contributed by atoms with Crippen molar-refractivity contribution in [3.05, 3.63) is 49.2 Å². The molecule has 1 aromatic carbocycles. The Kier molecular flexibility index (Phi) is 4.04. The third kappa shape index (κ3) is 2.80. The first-order chi connectivity index (χ1) is 11.8. The second-order valence-corrected chi connectivity index (χ2v) is 5.92. The second-order valence-electron chi connectivity index (χ2n) is 5.92. The van der Waals surface area contributed by atoms with Crippen LogP contribution in [0, 0.1) is 0 Å². The Bertz CT molecular complexity index is 818. The zero-order valence-electron chi connectivity index (χ0n) is 13.6. The van der Waals surface area contributed by atoms with Crippen molar-refractivity contribution in [1.82, 2.24) is 19.1 Å². The van der Waals surface area contributed by atoms with Crippen LogP contribution in [0.4, 0.5) is 0 Å². The largest absolute Gasteiger partial charge is 0.489 e. The van der Waals surface area contributed by atoms with Crippen LogP contribution in [0.3, 0.4) is 0 Å². The number of hydrogen-bond donors (Lipinski definition) is 0. The van der Waals surface area contributed by atoms with Gasteiger partial charge < -0.3 is 14.0 Å². The number of hydrogen-bond acceptors (Lipinski definition) is 4. The van der Waals surface area contributed by atoms with Gasteiger partial charge >= 0.3 is 0 Å². The summed E-state index contributed by atoms with van der Waals surface area (Å²) in [4.78, 5) is 8.68. The van der Waals surface area contributed by atoms with Crippen LogP contribution in [0.1, 0.15) is 12.8 Å². The van der Waals surface area contributed by atoms with Gasteiger partial charge in [-0.1, -0.05) is 12.1 Å². The molecular formula is C18H20N4O2. The summed E-state index contributed by atoms with van der Waals surface area (Å²) >= 11 is 0. The summed E-state index contributed by atoms with van der Waals surface area (Å²) in [7, 11) is 1.96. The van der Waals surface area contributed by atoms with Crippen LogP contribution in [-0.2, 0) is 11.8 Å². The third-order valence-corrected chi connectivity index (χ3v) is 4.26. The molecule has 6 heteroatoms. The normalized spacial score (nSPS) is 17.3. The molecule has 0 aliphatic carbocycles. The zero-order valence-corrected chi connectivity index (χ0v) is 13.6. The van der Waals surface area contributed by atoms with Crippen LogP contribution in [0.5, 0.6) is 5.75 Å².